The summed E-state index contributed by atoms with van der Waals surface area (Å²) in [5.41, 5.74) is 14.6. The van der Waals surface area contributed by atoms with Crippen molar-refractivity contribution in [3.8, 4) is 28.5 Å². The van der Waals surface area contributed by atoms with E-state index in [0.29, 0.717) is 53.3 Å². The summed E-state index contributed by atoms with van der Waals surface area (Å²) >= 11 is 0. The maximum atomic E-state index is 13.4. The van der Waals surface area contributed by atoms with Crippen LogP contribution in [0.2, 0.25) is 0 Å². The van der Waals surface area contributed by atoms with Crippen molar-refractivity contribution in [1.29, 1.82) is 0 Å². The first kappa shape index (κ1) is 19.9. The van der Waals surface area contributed by atoms with Crippen molar-refractivity contribution < 1.29 is 14.5 Å². The molecule has 4 heterocycles. The SMILES string of the molecule is CCn1c(-c2nonc2N)nc2c(-c3ccccc3O)ncc(C(=O)N3CCC(N)C3)c21. The van der Waals surface area contributed by atoms with E-state index >= 15 is 0 Å². The van der Waals surface area contributed by atoms with Gasteiger partial charge in [0.05, 0.1) is 11.1 Å². The van der Waals surface area contributed by atoms with Gasteiger partial charge in [-0.1, -0.05) is 12.1 Å². The van der Waals surface area contributed by atoms with Crippen molar-refractivity contribution in [3.05, 3.63) is 36.0 Å². The third-order valence-corrected chi connectivity index (χ3v) is 5.71. The highest BCUT2D eigenvalue weighted by Gasteiger charge is 2.30. The number of nitrogen functional groups attached to an aromatic ring is 1. The Morgan fingerprint density at radius 2 is 2.09 bits per heavy atom. The molecule has 11 nitrogen and oxygen atoms in total. The molecule has 1 aliphatic rings. The van der Waals surface area contributed by atoms with Crippen molar-refractivity contribution in [2.75, 3.05) is 18.8 Å². The van der Waals surface area contributed by atoms with Gasteiger partial charge in [0.15, 0.2) is 17.3 Å². The smallest absolute Gasteiger partial charge is 0.257 e. The molecule has 32 heavy (non-hydrogen) atoms. The lowest BCUT2D eigenvalue weighted by Crippen LogP contribution is -2.32. The van der Waals surface area contributed by atoms with Crippen LogP contribution in [0.4, 0.5) is 5.82 Å². The second-order valence-electron chi connectivity index (χ2n) is 7.71. The number of hydrogen-bond donors (Lipinski definition) is 3. The summed E-state index contributed by atoms with van der Waals surface area (Å²) in [5.74, 6) is 0.372. The number of rotatable bonds is 4. The number of hydrogen-bond acceptors (Lipinski definition) is 9. The Balaban J connectivity index is 1.80. The number of phenolic OH excluding ortho intramolecular Hbond substituents is 1. The van der Waals surface area contributed by atoms with E-state index in [-0.39, 0.29) is 29.2 Å². The average molecular weight is 434 g/mol. The molecule has 1 saturated heterocycles. The van der Waals surface area contributed by atoms with E-state index in [1.54, 1.807) is 29.2 Å². The number of carbonyl (C=O) groups excluding carboxylic acids is 1. The number of aryl methyl sites for hydroxylation is 1. The number of amides is 1. The molecule has 0 bridgehead atoms. The number of para-hydroxylation sites is 1. The van der Waals surface area contributed by atoms with E-state index in [1.807, 2.05) is 11.5 Å². The molecule has 1 aliphatic heterocycles. The van der Waals surface area contributed by atoms with Gasteiger partial charge in [-0.2, -0.15) is 0 Å². The monoisotopic (exact) mass is 434 g/mol. The van der Waals surface area contributed by atoms with Gasteiger partial charge in [0.25, 0.3) is 5.91 Å². The number of likely N-dealkylation sites (tertiary alicyclic amines) is 1. The number of imidazole rings is 1. The number of nitrogens with two attached hydrogens (primary N) is 2. The summed E-state index contributed by atoms with van der Waals surface area (Å²) in [6.07, 6.45) is 2.27. The van der Waals surface area contributed by atoms with E-state index < -0.39 is 0 Å². The minimum atomic E-state index is -0.174. The highest BCUT2D eigenvalue weighted by atomic mass is 16.6. The van der Waals surface area contributed by atoms with Gasteiger partial charge in [-0.3, -0.25) is 9.78 Å². The molecule has 0 radical (unpaired) electrons. The van der Waals surface area contributed by atoms with Crippen LogP contribution in [0.15, 0.2) is 35.1 Å². The van der Waals surface area contributed by atoms with Gasteiger partial charge in [0.1, 0.15) is 17.0 Å². The molecule has 164 valence electrons. The third kappa shape index (κ3) is 3.05. The molecule has 0 aliphatic carbocycles. The molecular formula is C21H22N8O3. The number of pyridine rings is 1. The summed E-state index contributed by atoms with van der Waals surface area (Å²) in [5, 5.41) is 18.0. The minimum Gasteiger partial charge on any atom is -0.507 e. The molecule has 3 aromatic heterocycles. The molecule has 0 saturated carbocycles. The maximum absolute atomic E-state index is 13.4. The molecule has 1 aromatic carbocycles. The highest BCUT2D eigenvalue weighted by molar-refractivity contribution is 6.08. The van der Waals surface area contributed by atoms with Crippen LogP contribution in [-0.4, -0.2) is 59.9 Å². The normalized spacial score (nSPS) is 16.2. The fourth-order valence-corrected chi connectivity index (χ4v) is 4.15. The van der Waals surface area contributed by atoms with Crippen molar-refractivity contribution in [2.24, 2.45) is 5.73 Å². The van der Waals surface area contributed by atoms with E-state index in [9.17, 15) is 9.90 Å². The first-order chi connectivity index (χ1) is 15.5. The predicted molar refractivity (Wildman–Crippen MR) is 117 cm³/mol. The molecule has 0 spiro atoms. The van der Waals surface area contributed by atoms with Gasteiger partial charge < -0.3 is 26.0 Å². The summed E-state index contributed by atoms with van der Waals surface area (Å²) in [6, 6.07) is 6.79. The zero-order valence-electron chi connectivity index (χ0n) is 17.4. The molecule has 5 N–H and O–H groups in total. The fourth-order valence-electron chi connectivity index (χ4n) is 4.15. The Hall–Kier alpha value is -3.99. The van der Waals surface area contributed by atoms with Gasteiger partial charge in [-0.15, -0.1) is 0 Å². The van der Waals surface area contributed by atoms with Crippen molar-refractivity contribution >= 4 is 22.8 Å². The first-order valence-electron chi connectivity index (χ1n) is 10.3. The van der Waals surface area contributed by atoms with Gasteiger partial charge in [0.2, 0.25) is 0 Å². The topological polar surface area (TPSA) is 162 Å². The standard InChI is InChI=1S/C21H22N8O3/c1-2-29-18-13(21(31)28-8-7-11(22)10-28)9-24-15(12-5-3-4-6-14(12)30)16(18)25-20(29)17-19(23)27-32-26-17/h3-6,9,11,30H,2,7-8,10,22H2,1H3,(H2,23,27). The quantitative estimate of drug-likeness (QED) is 0.433. The number of anilines is 1. The van der Waals surface area contributed by atoms with Crippen LogP contribution >= 0.6 is 0 Å². The van der Waals surface area contributed by atoms with Crippen molar-refractivity contribution in [3.63, 3.8) is 0 Å². The Bertz CT molecular complexity index is 1330. The van der Waals surface area contributed by atoms with Crippen molar-refractivity contribution in [1.82, 2.24) is 29.7 Å². The van der Waals surface area contributed by atoms with Crippen LogP contribution in [0.25, 0.3) is 33.8 Å². The largest absolute Gasteiger partial charge is 0.507 e. The van der Waals surface area contributed by atoms with Crippen LogP contribution < -0.4 is 11.5 Å². The second-order valence-corrected chi connectivity index (χ2v) is 7.71. The third-order valence-electron chi connectivity index (χ3n) is 5.71. The van der Waals surface area contributed by atoms with E-state index in [2.05, 4.69) is 15.3 Å². The van der Waals surface area contributed by atoms with Crippen LogP contribution in [-0.2, 0) is 6.54 Å². The molecule has 11 heteroatoms. The summed E-state index contributed by atoms with van der Waals surface area (Å²) in [7, 11) is 0. The maximum Gasteiger partial charge on any atom is 0.257 e. The molecule has 1 amide bonds. The molecule has 1 unspecified atom stereocenters. The highest BCUT2D eigenvalue weighted by Crippen LogP contribution is 2.37. The average Bonchev–Trinajstić information content (AvgIpc) is 3.51. The number of fused-ring (bicyclic) bond motifs is 1. The molecule has 1 atom stereocenters. The zero-order valence-corrected chi connectivity index (χ0v) is 17.4. The van der Waals surface area contributed by atoms with E-state index in [4.69, 9.17) is 21.1 Å². The lowest BCUT2D eigenvalue weighted by atomic mass is 10.1. The van der Waals surface area contributed by atoms with Crippen LogP contribution in [0.1, 0.15) is 23.7 Å². The Kier molecular flexibility index (Phi) is 4.74. The summed E-state index contributed by atoms with van der Waals surface area (Å²) in [4.78, 5) is 24.4. The lowest BCUT2D eigenvalue weighted by molar-refractivity contribution is 0.0792. The number of carbonyl (C=O) groups is 1. The van der Waals surface area contributed by atoms with Crippen LogP contribution in [0, 0.1) is 0 Å². The zero-order chi connectivity index (χ0) is 22.4. The van der Waals surface area contributed by atoms with Gasteiger partial charge >= 0.3 is 0 Å². The number of nitrogens with zero attached hydrogens (tertiary/aromatic N) is 6. The summed E-state index contributed by atoms with van der Waals surface area (Å²) < 4.78 is 6.61. The van der Waals surface area contributed by atoms with Gasteiger partial charge in [0, 0.05) is 37.4 Å². The van der Waals surface area contributed by atoms with Gasteiger partial charge in [-0.25, -0.2) is 9.61 Å². The number of aromatic hydroxyl groups is 1. The Morgan fingerprint density at radius 1 is 1.28 bits per heavy atom. The van der Waals surface area contributed by atoms with Crippen LogP contribution in [0.3, 0.4) is 0 Å². The van der Waals surface area contributed by atoms with E-state index in [0.717, 1.165) is 6.42 Å². The number of phenols is 1. The molecular weight excluding hydrogens is 412 g/mol. The number of benzene rings is 1. The number of aromatic nitrogens is 5. The first-order valence-corrected chi connectivity index (χ1v) is 10.3. The minimum absolute atomic E-state index is 0.0458. The second kappa shape index (κ2) is 7.61. The molecule has 5 rings (SSSR count). The lowest BCUT2D eigenvalue weighted by Gasteiger charge is -2.17. The summed E-state index contributed by atoms with van der Waals surface area (Å²) in [6.45, 7) is 3.46. The molecule has 1 fully saturated rings. The van der Waals surface area contributed by atoms with Crippen molar-refractivity contribution in [2.45, 2.75) is 25.9 Å². The van der Waals surface area contributed by atoms with Gasteiger partial charge in [-0.05, 0) is 35.8 Å². The molecule has 4 aromatic rings. The fraction of sp³-hybridized carbons (Fsp3) is 0.286. The Labute approximate surface area is 182 Å². The Morgan fingerprint density at radius 3 is 2.75 bits per heavy atom. The van der Waals surface area contributed by atoms with E-state index in [1.165, 1.54) is 6.20 Å². The van der Waals surface area contributed by atoms with Crippen LogP contribution in [0.5, 0.6) is 5.75 Å². The predicted octanol–water partition coefficient (Wildman–Crippen LogP) is 1.63.